The predicted octanol–water partition coefficient (Wildman–Crippen LogP) is 2.99. The molecule has 0 saturated heterocycles. The molecule has 0 aliphatic rings. The van der Waals surface area contributed by atoms with E-state index in [2.05, 4.69) is 51.4 Å². The molecule has 1 aromatic carbocycles. The van der Waals surface area contributed by atoms with E-state index in [1.807, 2.05) is 7.05 Å². The van der Waals surface area contributed by atoms with Crippen molar-refractivity contribution in [2.45, 2.75) is 25.3 Å². The molecule has 0 fully saturated rings. The van der Waals surface area contributed by atoms with Crippen LogP contribution < -0.4 is 5.32 Å². The second kappa shape index (κ2) is 6.66. The number of hydrogen-bond acceptors (Lipinski definition) is 1. The van der Waals surface area contributed by atoms with E-state index in [0.717, 1.165) is 23.7 Å². The molecule has 1 rings (SSSR count). The first-order valence-electron chi connectivity index (χ1n) is 5.11. The molecule has 1 atom stereocenters. The van der Waals surface area contributed by atoms with E-state index >= 15 is 0 Å². The van der Waals surface area contributed by atoms with Gasteiger partial charge in [0, 0.05) is 16.9 Å². The Hall–Kier alpha value is -0.780. The largest absolute Gasteiger partial charge is 0.317 e. The topological polar surface area (TPSA) is 12.0 Å². The Morgan fingerprint density at radius 2 is 2.07 bits per heavy atom. The van der Waals surface area contributed by atoms with E-state index in [9.17, 15) is 0 Å². The van der Waals surface area contributed by atoms with Crippen molar-refractivity contribution in [3.8, 4) is 12.3 Å². The molecule has 0 amide bonds. The van der Waals surface area contributed by atoms with Gasteiger partial charge in [-0.3, -0.25) is 0 Å². The highest BCUT2D eigenvalue weighted by Crippen LogP contribution is 2.13. The average molecular weight is 266 g/mol. The molecular formula is C13H16BrN. The molecule has 1 N–H and O–H groups in total. The van der Waals surface area contributed by atoms with Gasteiger partial charge in [-0.1, -0.05) is 28.1 Å². The quantitative estimate of drug-likeness (QED) is 0.808. The van der Waals surface area contributed by atoms with Crippen LogP contribution in [0.15, 0.2) is 28.7 Å². The van der Waals surface area contributed by atoms with Crippen molar-refractivity contribution in [2.75, 3.05) is 7.05 Å². The molecule has 0 spiro atoms. The van der Waals surface area contributed by atoms with E-state index in [1.165, 1.54) is 5.56 Å². The van der Waals surface area contributed by atoms with Crippen LogP contribution in [0, 0.1) is 12.3 Å². The van der Waals surface area contributed by atoms with Crippen LogP contribution in [0.4, 0.5) is 0 Å². The first-order valence-corrected chi connectivity index (χ1v) is 5.90. The van der Waals surface area contributed by atoms with Crippen molar-refractivity contribution in [1.29, 1.82) is 0 Å². The van der Waals surface area contributed by atoms with Gasteiger partial charge >= 0.3 is 0 Å². The van der Waals surface area contributed by atoms with E-state index < -0.39 is 0 Å². The van der Waals surface area contributed by atoms with Crippen LogP contribution in [-0.2, 0) is 6.42 Å². The van der Waals surface area contributed by atoms with Gasteiger partial charge in [-0.2, -0.15) is 0 Å². The number of nitrogens with one attached hydrogen (secondary N) is 1. The number of hydrogen-bond donors (Lipinski definition) is 1. The van der Waals surface area contributed by atoms with Crippen molar-refractivity contribution >= 4 is 15.9 Å². The fraction of sp³-hybridized carbons (Fsp3) is 0.385. The van der Waals surface area contributed by atoms with Crippen LogP contribution in [0.1, 0.15) is 18.4 Å². The Balaban J connectivity index is 2.51. The lowest BCUT2D eigenvalue weighted by Gasteiger charge is -2.14. The molecule has 1 aromatic rings. The van der Waals surface area contributed by atoms with Gasteiger partial charge in [0.1, 0.15) is 0 Å². The summed E-state index contributed by atoms with van der Waals surface area (Å²) in [6.07, 6.45) is 8.16. The summed E-state index contributed by atoms with van der Waals surface area (Å²) in [5, 5.41) is 3.29. The zero-order chi connectivity index (χ0) is 11.1. The first-order chi connectivity index (χ1) is 7.26. The highest BCUT2D eigenvalue weighted by atomic mass is 79.9. The lowest BCUT2D eigenvalue weighted by molar-refractivity contribution is 0.528. The van der Waals surface area contributed by atoms with Gasteiger partial charge in [0.2, 0.25) is 0 Å². The third-order valence-electron chi connectivity index (χ3n) is 2.44. The van der Waals surface area contributed by atoms with Gasteiger partial charge in [-0.25, -0.2) is 0 Å². The number of rotatable bonds is 5. The molecule has 0 aliphatic heterocycles. The highest BCUT2D eigenvalue weighted by Gasteiger charge is 2.05. The zero-order valence-corrected chi connectivity index (χ0v) is 10.5. The molecule has 1 nitrogen and oxygen atoms in total. The first kappa shape index (κ1) is 12.3. The Labute approximate surface area is 100 Å². The molecule has 1 unspecified atom stereocenters. The maximum atomic E-state index is 5.26. The fourth-order valence-electron chi connectivity index (χ4n) is 1.51. The van der Waals surface area contributed by atoms with E-state index in [1.54, 1.807) is 0 Å². The van der Waals surface area contributed by atoms with Crippen molar-refractivity contribution in [2.24, 2.45) is 0 Å². The number of terminal acetylenes is 1. The monoisotopic (exact) mass is 265 g/mol. The Morgan fingerprint density at radius 3 is 2.60 bits per heavy atom. The molecule has 0 saturated carbocycles. The summed E-state index contributed by atoms with van der Waals surface area (Å²) in [7, 11) is 1.99. The Kier molecular flexibility index (Phi) is 5.45. The molecule has 0 aliphatic carbocycles. The minimum Gasteiger partial charge on any atom is -0.317 e. The second-order valence-corrected chi connectivity index (χ2v) is 4.47. The molecule has 0 heterocycles. The van der Waals surface area contributed by atoms with Crippen LogP contribution in [0.2, 0.25) is 0 Å². The van der Waals surface area contributed by atoms with Gasteiger partial charge in [-0.15, -0.1) is 12.3 Å². The Bertz CT molecular complexity index is 323. The number of halogens is 1. The Morgan fingerprint density at radius 1 is 1.40 bits per heavy atom. The van der Waals surface area contributed by atoms with Crippen LogP contribution in [0.3, 0.4) is 0 Å². The third kappa shape index (κ3) is 4.51. The van der Waals surface area contributed by atoms with Crippen molar-refractivity contribution < 1.29 is 0 Å². The summed E-state index contributed by atoms with van der Waals surface area (Å²) >= 11 is 3.43. The summed E-state index contributed by atoms with van der Waals surface area (Å²) in [5.74, 6) is 2.68. The maximum Gasteiger partial charge on any atom is 0.0175 e. The van der Waals surface area contributed by atoms with Crippen molar-refractivity contribution in [3.63, 3.8) is 0 Å². The number of benzene rings is 1. The second-order valence-electron chi connectivity index (χ2n) is 3.56. The SMILES string of the molecule is C#CCCC(Cc1ccc(Br)cc1)NC. The molecule has 0 bridgehead atoms. The molecule has 0 radical (unpaired) electrons. The van der Waals surface area contributed by atoms with Crippen LogP contribution in [0.25, 0.3) is 0 Å². The van der Waals surface area contributed by atoms with Gasteiger partial charge in [0.15, 0.2) is 0 Å². The van der Waals surface area contributed by atoms with Crippen LogP contribution >= 0.6 is 15.9 Å². The molecule has 0 aromatic heterocycles. The van der Waals surface area contributed by atoms with E-state index in [-0.39, 0.29) is 0 Å². The smallest absolute Gasteiger partial charge is 0.0175 e. The summed E-state index contributed by atoms with van der Waals surface area (Å²) in [4.78, 5) is 0. The van der Waals surface area contributed by atoms with Gasteiger partial charge in [0.05, 0.1) is 0 Å². The van der Waals surface area contributed by atoms with Gasteiger partial charge in [-0.05, 0) is 37.6 Å². The molecule has 80 valence electrons. The fourth-order valence-corrected chi connectivity index (χ4v) is 1.78. The lowest BCUT2D eigenvalue weighted by Crippen LogP contribution is -2.27. The van der Waals surface area contributed by atoms with Gasteiger partial charge in [0.25, 0.3) is 0 Å². The van der Waals surface area contributed by atoms with Gasteiger partial charge < -0.3 is 5.32 Å². The maximum absolute atomic E-state index is 5.26. The standard InChI is InChI=1S/C13H16BrN/c1-3-4-5-13(15-2)10-11-6-8-12(14)9-7-11/h1,6-9,13,15H,4-5,10H2,2H3. The van der Waals surface area contributed by atoms with E-state index in [0.29, 0.717) is 6.04 Å². The molecule has 15 heavy (non-hydrogen) atoms. The van der Waals surface area contributed by atoms with Crippen LogP contribution in [-0.4, -0.2) is 13.1 Å². The number of likely N-dealkylation sites (N-methyl/N-ethyl adjacent to an activating group) is 1. The van der Waals surface area contributed by atoms with E-state index in [4.69, 9.17) is 6.42 Å². The third-order valence-corrected chi connectivity index (χ3v) is 2.97. The normalized spacial score (nSPS) is 12.1. The highest BCUT2D eigenvalue weighted by molar-refractivity contribution is 9.10. The predicted molar refractivity (Wildman–Crippen MR) is 68.8 cm³/mol. The summed E-state index contributed by atoms with van der Waals surface area (Å²) in [5.41, 5.74) is 1.34. The van der Waals surface area contributed by atoms with Crippen LogP contribution in [0.5, 0.6) is 0 Å². The van der Waals surface area contributed by atoms with Crippen molar-refractivity contribution in [1.82, 2.24) is 5.32 Å². The summed E-state index contributed by atoms with van der Waals surface area (Å²) in [6.45, 7) is 0. The minimum absolute atomic E-state index is 0.474. The molecule has 2 heteroatoms. The molecular weight excluding hydrogens is 250 g/mol. The summed E-state index contributed by atoms with van der Waals surface area (Å²) < 4.78 is 1.12. The summed E-state index contributed by atoms with van der Waals surface area (Å²) in [6, 6.07) is 8.91. The van der Waals surface area contributed by atoms with Crippen molar-refractivity contribution in [3.05, 3.63) is 34.3 Å². The average Bonchev–Trinajstić information content (AvgIpc) is 2.27. The zero-order valence-electron chi connectivity index (χ0n) is 8.96. The lowest BCUT2D eigenvalue weighted by atomic mass is 10.0. The minimum atomic E-state index is 0.474.